The predicted octanol–water partition coefficient (Wildman–Crippen LogP) is 8.46. The van der Waals surface area contributed by atoms with Gasteiger partial charge in [-0.05, 0) is 41.6 Å². The van der Waals surface area contributed by atoms with Crippen LogP contribution in [0.1, 0.15) is 114 Å². The highest BCUT2D eigenvalue weighted by atomic mass is 28.4. The molecule has 5 rings (SSSR count). The van der Waals surface area contributed by atoms with Gasteiger partial charge in [-0.3, -0.25) is 5.21 Å². The average Bonchev–Trinajstić information content (AvgIpc) is 3.15. The first-order valence-corrected chi connectivity index (χ1v) is 18.5. The molecule has 5 nitrogen and oxygen atoms in total. The topological polar surface area (TPSA) is 51.8 Å². The van der Waals surface area contributed by atoms with E-state index in [1.165, 1.54) is 10.8 Å². The van der Waals surface area contributed by atoms with E-state index in [2.05, 4.69) is 47.7 Å². The number of fused-ring (bicyclic) bond motifs is 4. The number of ether oxygens (including phenoxy) is 2. The predicted molar refractivity (Wildman–Crippen MR) is 158 cm³/mol. The highest BCUT2D eigenvalue weighted by molar-refractivity contribution is 6.74. The van der Waals surface area contributed by atoms with Crippen LogP contribution in [0.4, 0.5) is 17.6 Å². The first-order chi connectivity index (χ1) is 19.7. The van der Waals surface area contributed by atoms with E-state index in [4.69, 9.17) is 13.9 Å². The number of aromatic nitrogens is 1. The van der Waals surface area contributed by atoms with E-state index in [1.807, 2.05) is 13.8 Å². The average molecular weight is 627 g/mol. The fourth-order valence-electron chi connectivity index (χ4n) is 7.16. The van der Waals surface area contributed by atoms with Gasteiger partial charge in [0.1, 0.15) is 18.2 Å². The Morgan fingerprint density at radius 2 is 1.72 bits per heavy atom. The molecule has 1 N–H and O–H groups in total. The largest absolute Gasteiger partial charge is 0.410 e. The van der Waals surface area contributed by atoms with Crippen LogP contribution in [0.5, 0.6) is 0 Å². The molecule has 2 aliphatic heterocycles. The molecule has 1 fully saturated rings. The third-order valence-electron chi connectivity index (χ3n) is 10.3. The Hall–Kier alpha value is -1.75. The van der Waals surface area contributed by atoms with Gasteiger partial charge < -0.3 is 13.9 Å². The lowest BCUT2D eigenvalue weighted by molar-refractivity contribution is -0.916. The van der Waals surface area contributed by atoms with E-state index in [0.717, 1.165) is 41.0 Å². The number of pyridine rings is 1. The van der Waals surface area contributed by atoms with E-state index < -0.39 is 38.3 Å². The highest BCUT2D eigenvalue weighted by Crippen LogP contribution is 2.59. The maximum atomic E-state index is 15.1. The lowest BCUT2D eigenvalue weighted by Crippen LogP contribution is -2.50. The third-order valence-corrected chi connectivity index (χ3v) is 14.8. The fourth-order valence-corrected chi connectivity index (χ4v) is 8.42. The van der Waals surface area contributed by atoms with Gasteiger partial charge in [0.25, 0.3) is 0 Å². The summed E-state index contributed by atoms with van der Waals surface area (Å²) in [7, 11) is -2.29. The standard InChI is InChI=1S/C33H48F4NO4Si/c1-19(2)28-26-27(25-23(38(28)39)17-31(6,7)18-24(25)42-43(8,9)30(3,4)5)32(12-14-40-15-13-32)41-29(26)20-10-11-21(22(34)16-20)33(35,36)37/h10-11,16,19,21-22,24,29,39H,12-15,17-18H2,1-9H3/q+1. The van der Waals surface area contributed by atoms with Crippen LogP contribution in [-0.2, 0) is 25.9 Å². The minimum atomic E-state index is -4.69. The molecule has 0 amide bonds. The van der Waals surface area contributed by atoms with E-state index in [1.54, 1.807) is 0 Å². The molecule has 1 aromatic rings. The molecule has 10 heteroatoms. The summed E-state index contributed by atoms with van der Waals surface area (Å²) in [5.41, 5.74) is 3.47. The SMILES string of the molecule is CC(C)c1c2c(c3c([n+]1O)CC(C)(C)CC3O[Si](C)(C)C(C)(C)C)C1(CCOCC1)OC2C1=CC(F)C(C(F)(F)F)C=C1. The summed E-state index contributed by atoms with van der Waals surface area (Å²) in [6, 6.07) is 0. The van der Waals surface area contributed by atoms with Gasteiger partial charge in [0.05, 0.1) is 22.8 Å². The zero-order valence-electron chi connectivity index (χ0n) is 27.0. The number of hydrogen-bond acceptors (Lipinski definition) is 4. The van der Waals surface area contributed by atoms with Crippen LogP contribution in [0, 0.1) is 11.3 Å². The first-order valence-electron chi connectivity index (χ1n) is 15.6. The number of allylic oxidation sites excluding steroid dienone is 2. The summed E-state index contributed by atoms with van der Waals surface area (Å²) < 4.78 is 77.0. The van der Waals surface area contributed by atoms with Gasteiger partial charge in [0.2, 0.25) is 11.4 Å². The van der Waals surface area contributed by atoms with Crippen LogP contribution >= 0.6 is 0 Å². The van der Waals surface area contributed by atoms with Crippen molar-refractivity contribution in [2.24, 2.45) is 11.3 Å². The molecule has 1 aromatic heterocycles. The summed E-state index contributed by atoms with van der Waals surface area (Å²) in [5, 5.41) is 12.0. The van der Waals surface area contributed by atoms with E-state index in [0.29, 0.717) is 43.7 Å². The van der Waals surface area contributed by atoms with E-state index >= 15 is 4.39 Å². The highest BCUT2D eigenvalue weighted by Gasteiger charge is 2.58. The molecule has 0 saturated carbocycles. The van der Waals surface area contributed by atoms with Gasteiger partial charge in [-0.2, -0.15) is 13.2 Å². The molecule has 2 aliphatic carbocycles. The van der Waals surface area contributed by atoms with Crippen molar-refractivity contribution in [3.8, 4) is 0 Å². The summed E-state index contributed by atoms with van der Waals surface area (Å²) in [5.74, 6) is -2.35. The van der Waals surface area contributed by atoms with Crippen LogP contribution < -0.4 is 4.73 Å². The molecule has 0 bridgehead atoms. The number of rotatable bonds is 4. The Morgan fingerprint density at radius 1 is 1.09 bits per heavy atom. The number of nitrogens with zero attached hydrogens (tertiary/aromatic N) is 1. The van der Waals surface area contributed by atoms with Crippen LogP contribution in [0.3, 0.4) is 0 Å². The lowest BCUT2D eigenvalue weighted by Gasteiger charge is -2.45. The number of alkyl halides is 4. The molecule has 4 unspecified atom stereocenters. The Morgan fingerprint density at radius 3 is 2.26 bits per heavy atom. The molecule has 4 aliphatic rings. The minimum absolute atomic E-state index is 0.0523. The van der Waals surface area contributed by atoms with Crippen molar-refractivity contribution < 1.29 is 41.4 Å². The molecule has 240 valence electrons. The van der Waals surface area contributed by atoms with Crippen LogP contribution in [0.25, 0.3) is 0 Å². The Balaban J connectivity index is 1.78. The Kier molecular flexibility index (Phi) is 8.09. The zero-order chi connectivity index (χ0) is 31.9. The van der Waals surface area contributed by atoms with Gasteiger partial charge in [-0.25, -0.2) is 4.39 Å². The van der Waals surface area contributed by atoms with Crippen molar-refractivity contribution in [1.29, 1.82) is 0 Å². The Labute approximate surface area is 254 Å². The van der Waals surface area contributed by atoms with E-state index in [-0.39, 0.29) is 22.5 Å². The molecule has 1 spiro atoms. The van der Waals surface area contributed by atoms with Gasteiger partial charge in [-0.1, -0.05) is 60.6 Å². The quantitative estimate of drug-likeness (QED) is 0.158. The molecule has 4 atom stereocenters. The van der Waals surface area contributed by atoms with Crippen molar-refractivity contribution in [3.63, 3.8) is 0 Å². The number of halogens is 4. The third kappa shape index (κ3) is 5.63. The number of hydrogen-bond donors (Lipinski definition) is 1. The van der Waals surface area contributed by atoms with Crippen LogP contribution in [0.15, 0.2) is 23.8 Å². The maximum Gasteiger partial charge on any atom is 0.398 e. The van der Waals surface area contributed by atoms with Gasteiger partial charge >= 0.3 is 6.18 Å². The molecular weight excluding hydrogens is 578 g/mol. The fraction of sp³-hybridized carbons (Fsp3) is 0.727. The van der Waals surface area contributed by atoms with Crippen molar-refractivity contribution in [3.05, 3.63) is 51.9 Å². The van der Waals surface area contributed by atoms with Crippen molar-refractivity contribution in [1.82, 2.24) is 0 Å². The van der Waals surface area contributed by atoms with Gasteiger partial charge in [0, 0.05) is 48.7 Å². The molecule has 43 heavy (non-hydrogen) atoms. The van der Waals surface area contributed by atoms with Crippen LogP contribution in [0.2, 0.25) is 18.1 Å². The molecule has 0 aromatic carbocycles. The van der Waals surface area contributed by atoms with Gasteiger partial charge in [0.15, 0.2) is 8.32 Å². The first kappa shape index (κ1) is 32.6. The summed E-state index contributed by atoms with van der Waals surface area (Å²) in [4.78, 5) is 0. The molecule has 0 radical (unpaired) electrons. The lowest BCUT2D eigenvalue weighted by atomic mass is 9.69. The zero-order valence-corrected chi connectivity index (χ0v) is 28.0. The summed E-state index contributed by atoms with van der Waals surface area (Å²) in [6.45, 7) is 20.3. The second-order valence-electron chi connectivity index (χ2n) is 15.6. The van der Waals surface area contributed by atoms with Crippen molar-refractivity contribution >= 4 is 8.32 Å². The van der Waals surface area contributed by atoms with Crippen LogP contribution in [-0.4, -0.2) is 39.1 Å². The maximum absolute atomic E-state index is 15.1. The molecular formula is C33H48F4NO4Si+. The minimum Gasteiger partial charge on any atom is -0.410 e. The summed E-state index contributed by atoms with van der Waals surface area (Å²) >= 11 is 0. The van der Waals surface area contributed by atoms with Crippen molar-refractivity contribution in [2.75, 3.05) is 13.2 Å². The normalized spacial score (nSPS) is 28.7. The second kappa shape index (κ2) is 10.7. The van der Waals surface area contributed by atoms with E-state index in [9.17, 15) is 18.4 Å². The van der Waals surface area contributed by atoms with Gasteiger partial charge in [-0.15, -0.1) is 0 Å². The molecule has 1 saturated heterocycles. The second-order valence-corrected chi connectivity index (χ2v) is 20.3. The molecule has 3 heterocycles. The van der Waals surface area contributed by atoms with Crippen molar-refractivity contribution in [2.45, 2.75) is 128 Å². The Bertz CT molecular complexity index is 1320. The monoisotopic (exact) mass is 626 g/mol. The smallest absolute Gasteiger partial charge is 0.398 e. The summed E-state index contributed by atoms with van der Waals surface area (Å²) in [6.07, 6.45) is -2.26.